The Labute approximate surface area is 220 Å². The summed E-state index contributed by atoms with van der Waals surface area (Å²) in [6.45, 7) is 1.64. The van der Waals surface area contributed by atoms with Crippen molar-refractivity contribution in [3.63, 3.8) is 0 Å². The molecule has 6 heteroatoms. The van der Waals surface area contributed by atoms with Gasteiger partial charge in [0.15, 0.2) is 0 Å². The second-order valence-corrected chi connectivity index (χ2v) is 11.8. The average Bonchev–Trinajstić information content (AvgIpc) is 3.36. The zero-order valence-electron chi connectivity index (χ0n) is 22.0. The second kappa shape index (κ2) is 10.1. The number of rotatable bonds is 4. The molecular formula is C31H39N3O3. The summed E-state index contributed by atoms with van der Waals surface area (Å²) in [7, 11) is 1.71. The SMILES string of the molecule is COc1cccc2c1CC(C(=O)N1CCC3(CCC(C(=O)N[C@H]4CCCc5cccnc54)C3)CC1)CC2. The van der Waals surface area contributed by atoms with Crippen molar-refractivity contribution in [2.75, 3.05) is 20.2 Å². The quantitative estimate of drug-likeness (QED) is 0.654. The number of benzene rings is 1. The highest BCUT2D eigenvalue weighted by Gasteiger charge is 2.45. The molecule has 2 unspecified atom stereocenters. The van der Waals surface area contributed by atoms with E-state index in [4.69, 9.17) is 4.74 Å². The zero-order chi connectivity index (χ0) is 25.4. The van der Waals surface area contributed by atoms with Gasteiger partial charge in [-0.15, -0.1) is 0 Å². The summed E-state index contributed by atoms with van der Waals surface area (Å²) < 4.78 is 5.58. The number of hydrogen-bond donors (Lipinski definition) is 1. The van der Waals surface area contributed by atoms with E-state index in [1.807, 2.05) is 24.4 Å². The Morgan fingerprint density at radius 1 is 1.00 bits per heavy atom. The minimum atomic E-state index is 0.0481. The Balaban J connectivity index is 1.03. The molecule has 1 spiro atoms. The van der Waals surface area contributed by atoms with Crippen molar-refractivity contribution in [1.29, 1.82) is 0 Å². The first-order valence-electron chi connectivity index (χ1n) is 14.2. The van der Waals surface area contributed by atoms with E-state index in [9.17, 15) is 9.59 Å². The van der Waals surface area contributed by atoms with Crippen molar-refractivity contribution in [1.82, 2.24) is 15.2 Å². The van der Waals surface area contributed by atoms with E-state index >= 15 is 0 Å². The van der Waals surface area contributed by atoms with Gasteiger partial charge in [-0.05, 0) is 105 Å². The predicted octanol–water partition coefficient (Wildman–Crippen LogP) is 4.80. The van der Waals surface area contributed by atoms with Crippen molar-refractivity contribution in [2.24, 2.45) is 17.3 Å². The minimum Gasteiger partial charge on any atom is -0.496 e. The normalized spacial score (nSPS) is 26.3. The van der Waals surface area contributed by atoms with E-state index in [0.29, 0.717) is 5.91 Å². The van der Waals surface area contributed by atoms with E-state index in [1.54, 1.807) is 7.11 Å². The van der Waals surface area contributed by atoms with Gasteiger partial charge in [0, 0.05) is 31.1 Å². The number of piperidine rings is 1. The van der Waals surface area contributed by atoms with Crippen LogP contribution in [-0.4, -0.2) is 41.9 Å². The highest BCUT2D eigenvalue weighted by atomic mass is 16.5. The molecule has 3 atom stereocenters. The smallest absolute Gasteiger partial charge is 0.226 e. The topological polar surface area (TPSA) is 71.5 Å². The van der Waals surface area contributed by atoms with Crippen LogP contribution in [0.4, 0.5) is 0 Å². The molecule has 0 bridgehead atoms. The molecule has 1 saturated carbocycles. The number of ether oxygens (including phenoxy) is 1. The van der Waals surface area contributed by atoms with Crippen molar-refractivity contribution in [3.8, 4) is 5.75 Å². The first kappa shape index (κ1) is 24.4. The van der Waals surface area contributed by atoms with Gasteiger partial charge in [-0.1, -0.05) is 18.2 Å². The monoisotopic (exact) mass is 501 g/mol. The fourth-order valence-corrected chi connectivity index (χ4v) is 7.54. The lowest BCUT2D eigenvalue weighted by Gasteiger charge is -2.41. The number of carbonyl (C=O) groups excluding carboxylic acids is 2. The first-order chi connectivity index (χ1) is 18.0. The third kappa shape index (κ3) is 4.75. The van der Waals surface area contributed by atoms with Gasteiger partial charge >= 0.3 is 0 Å². The van der Waals surface area contributed by atoms with Crippen LogP contribution in [0.25, 0.3) is 0 Å². The van der Waals surface area contributed by atoms with Crippen LogP contribution in [0.3, 0.4) is 0 Å². The molecule has 2 aromatic rings. The Bertz CT molecular complexity index is 1160. The number of aromatic nitrogens is 1. The number of carbonyl (C=O) groups is 2. The number of hydrogen-bond acceptors (Lipinski definition) is 4. The van der Waals surface area contributed by atoms with Gasteiger partial charge in [0.1, 0.15) is 5.75 Å². The van der Waals surface area contributed by atoms with Gasteiger partial charge in [-0.2, -0.15) is 0 Å². The van der Waals surface area contributed by atoms with Gasteiger partial charge in [0.2, 0.25) is 11.8 Å². The van der Waals surface area contributed by atoms with Gasteiger partial charge in [0.05, 0.1) is 18.8 Å². The highest BCUT2D eigenvalue weighted by molar-refractivity contribution is 5.80. The van der Waals surface area contributed by atoms with Crippen LogP contribution in [0.2, 0.25) is 0 Å². The van der Waals surface area contributed by atoms with Crippen LogP contribution in [0, 0.1) is 17.3 Å². The summed E-state index contributed by atoms with van der Waals surface area (Å²) in [6, 6.07) is 10.4. The summed E-state index contributed by atoms with van der Waals surface area (Å²) in [5.74, 6) is 1.55. The Morgan fingerprint density at radius 2 is 1.84 bits per heavy atom. The van der Waals surface area contributed by atoms with Crippen LogP contribution >= 0.6 is 0 Å². The van der Waals surface area contributed by atoms with Gasteiger partial charge in [-0.25, -0.2) is 0 Å². The van der Waals surface area contributed by atoms with Crippen molar-refractivity contribution >= 4 is 11.8 Å². The fraction of sp³-hybridized carbons (Fsp3) is 0.581. The number of nitrogens with zero attached hydrogens (tertiary/aromatic N) is 2. The summed E-state index contributed by atoms with van der Waals surface area (Å²) in [5, 5.41) is 3.35. The van der Waals surface area contributed by atoms with E-state index in [0.717, 1.165) is 95.2 Å². The van der Waals surface area contributed by atoms with Crippen LogP contribution in [0.5, 0.6) is 5.75 Å². The van der Waals surface area contributed by atoms with E-state index in [2.05, 4.69) is 27.3 Å². The fourth-order valence-electron chi connectivity index (χ4n) is 7.54. The van der Waals surface area contributed by atoms with Crippen molar-refractivity contribution in [3.05, 3.63) is 58.9 Å². The summed E-state index contributed by atoms with van der Waals surface area (Å²) in [5.41, 5.74) is 5.08. The molecular weight excluding hydrogens is 462 g/mol. The third-order valence-electron chi connectivity index (χ3n) is 9.73. The molecule has 4 aliphatic rings. The van der Waals surface area contributed by atoms with Crippen molar-refractivity contribution < 1.29 is 14.3 Å². The lowest BCUT2D eigenvalue weighted by atomic mass is 9.75. The molecule has 2 fully saturated rings. The number of pyridine rings is 1. The maximum atomic E-state index is 13.5. The van der Waals surface area contributed by atoms with Crippen LogP contribution < -0.4 is 10.1 Å². The Morgan fingerprint density at radius 3 is 2.68 bits per heavy atom. The van der Waals surface area contributed by atoms with Gasteiger partial charge in [-0.3, -0.25) is 14.6 Å². The molecule has 37 heavy (non-hydrogen) atoms. The average molecular weight is 502 g/mol. The van der Waals surface area contributed by atoms with Crippen LogP contribution in [0.15, 0.2) is 36.5 Å². The number of likely N-dealkylation sites (tertiary alicyclic amines) is 1. The lowest BCUT2D eigenvalue weighted by Crippen LogP contribution is -2.46. The number of aryl methyl sites for hydroxylation is 2. The lowest BCUT2D eigenvalue weighted by molar-refractivity contribution is -0.138. The van der Waals surface area contributed by atoms with E-state index < -0.39 is 0 Å². The Kier molecular flexibility index (Phi) is 6.68. The third-order valence-corrected chi connectivity index (χ3v) is 9.73. The number of fused-ring (bicyclic) bond motifs is 2. The molecule has 6 rings (SSSR count). The Hall–Kier alpha value is -2.89. The zero-order valence-corrected chi connectivity index (χ0v) is 22.0. The molecule has 1 N–H and O–H groups in total. The summed E-state index contributed by atoms with van der Waals surface area (Å²) >= 11 is 0. The second-order valence-electron chi connectivity index (χ2n) is 11.8. The number of methoxy groups -OCH3 is 1. The molecule has 1 aromatic carbocycles. The standard InChI is InChI=1S/C31H39N3O3/c1-37-27-9-3-5-21-10-11-23(19-25(21)27)30(36)34-17-14-31(15-18-34)13-12-24(20-31)29(35)33-26-8-2-6-22-7-4-16-32-28(22)26/h3-5,7,9,16,23-24,26H,2,6,8,10-15,17-20H2,1H3,(H,33,35)/t23?,24?,26-/m0/s1. The summed E-state index contributed by atoms with van der Waals surface area (Å²) in [6.07, 6.45) is 12.7. The number of nitrogens with one attached hydrogen (secondary N) is 1. The molecule has 6 nitrogen and oxygen atoms in total. The van der Waals surface area contributed by atoms with Gasteiger partial charge in [0.25, 0.3) is 0 Å². The van der Waals surface area contributed by atoms with Crippen molar-refractivity contribution in [2.45, 2.75) is 76.7 Å². The molecule has 0 radical (unpaired) electrons. The molecule has 1 saturated heterocycles. The summed E-state index contributed by atoms with van der Waals surface area (Å²) in [4.78, 5) is 33.4. The largest absolute Gasteiger partial charge is 0.496 e. The predicted molar refractivity (Wildman–Crippen MR) is 142 cm³/mol. The maximum absolute atomic E-state index is 13.5. The molecule has 2 heterocycles. The number of amides is 2. The first-order valence-corrected chi connectivity index (χ1v) is 14.2. The van der Waals surface area contributed by atoms with E-state index in [-0.39, 0.29) is 29.2 Å². The van der Waals surface area contributed by atoms with Crippen LogP contribution in [-0.2, 0) is 28.9 Å². The molecule has 3 aliphatic carbocycles. The molecule has 2 amide bonds. The van der Waals surface area contributed by atoms with Crippen LogP contribution in [0.1, 0.15) is 79.8 Å². The van der Waals surface area contributed by atoms with E-state index in [1.165, 1.54) is 16.7 Å². The molecule has 1 aliphatic heterocycles. The molecule has 196 valence electrons. The maximum Gasteiger partial charge on any atom is 0.226 e. The highest BCUT2D eigenvalue weighted by Crippen LogP contribution is 2.49. The molecule has 1 aromatic heterocycles. The van der Waals surface area contributed by atoms with Gasteiger partial charge < -0.3 is 15.0 Å². The minimum absolute atomic E-state index is 0.0481.